The molecule has 0 bridgehead atoms. The molecule has 1 saturated heterocycles. The highest BCUT2D eigenvalue weighted by Gasteiger charge is 2.46. The van der Waals surface area contributed by atoms with Gasteiger partial charge in [0.1, 0.15) is 5.82 Å². The van der Waals surface area contributed by atoms with Gasteiger partial charge in [0.05, 0.1) is 24.7 Å². The van der Waals surface area contributed by atoms with Crippen molar-refractivity contribution < 1.29 is 32.2 Å². The number of hydrogen-bond acceptors (Lipinski definition) is 6. The molecule has 1 aliphatic rings. The van der Waals surface area contributed by atoms with Crippen LogP contribution in [0, 0.1) is 24.6 Å². The van der Waals surface area contributed by atoms with E-state index in [0.29, 0.717) is 11.1 Å². The number of benzene rings is 1. The van der Waals surface area contributed by atoms with E-state index in [4.69, 9.17) is 4.74 Å². The highest BCUT2D eigenvalue weighted by Crippen LogP contribution is 2.40. The molecule has 30 heavy (non-hydrogen) atoms. The van der Waals surface area contributed by atoms with E-state index in [0.717, 1.165) is 6.26 Å². The van der Waals surface area contributed by atoms with Crippen LogP contribution < -0.4 is 0 Å². The molecule has 1 aromatic rings. The van der Waals surface area contributed by atoms with E-state index < -0.39 is 45.5 Å². The summed E-state index contributed by atoms with van der Waals surface area (Å²) in [5, 5.41) is 9.91. The zero-order valence-corrected chi connectivity index (χ0v) is 18.5. The number of carbonyl (C=O) groups is 2. The number of likely N-dealkylation sites (N-methyl/N-ethyl adjacent to an activating group) is 1. The van der Waals surface area contributed by atoms with Crippen molar-refractivity contribution in [1.29, 1.82) is 0 Å². The van der Waals surface area contributed by atoms with Crippen LogP contribution >= 0.6 is 0 Å². The van der Waals surface area contributed by atoms with Crippen LogP contribution in [-0.4, -0.2) is 80.8 Å². The molecule has 1 N–H and O–H groups in total. The van der Waals surface area contributed by atoms with E-state index in [1.54, 1.807) is 24.8 Å². The molecule has 0 unspecified atom stereocenters. The third-order valence-corrected chi connectivity index (χ3v) is 6.96. The summed E-state index contributed by atoms with van der Waals surface area (Å²) in [6.07, 6.45) is 1.09. The molecule has 0 aliphatic carbocycles. The molecule has 8 nitrogen and oxygen atoms in total. The maximum Gasteiger partial charge on any atom is 0.310 e. The molecule has 0 spiro atoms. The van der Waals surface area contributed by atoms with Gasteiger partial charge in [0.25, 0.3) is 0 Å². The number of ether oxygens (including phenoxy) is 1. The van der Waals surface area contributed by atoms with Gasteiger partial charge < -0.3 is 14.7 Å². The Morgan fingerprint density at radius 2 is 1.93 bits per heavy atom. The first-order valence-corrected chi connectivity index (χ1v) is 11.6. The van der Waals surface area contributed by atoms with Gasteiger partial charge in [-0.25, -0.2) is 17.1 Å². The molecule has 0 aromatic heterocycles. The minimum Gasteiger partial charge on any atom is -0.481 e. The third-order valence-electron chi connectivity index (χ3n) is 5.65. The largest absolute Gasteiger partial charge is 0.481 e. The van der Waals surface area contributed by atoms with Gasteiger partial charge in [-0.3, -0.25) is 9.59 Å². The SMILES string of the molecule is CCOC(=O)[C@H]1CN(CCN(C)S(C)(=O)=O)C[C@@H](C(=O)O)[C@@H]1c1cccc(F)c1C. The first-order valence-electron chi connectivity index (χ1n) is 9.75. The van der Waals surface area contributed by atoms with E-state index in [9.17, 15) is 27.5 Å². The number of nitrogens with zero attached hydrogens (tertiary/aromatic N) is 2. The Morgan fingerprint density at radius 3 is 2.50 bits per heavy atom. The first kappa shape index (κ1) is 24.2. The van der Waals surface area contributed by atoms with Crippen LogP contribution in [0.5, 0.6) is 0 Å². The minimum absolute atomic E-state index is 0.115. The van der Waals surface area contributed by atoms with Crippen LogP contribution in [0.2, 0.25) is 0 Å². The second-order valence-corrected chi connectivity index (χ2v) is 9.72. The van der Waals surface area contributed by atoms with Gasteiger partial charge in [0, 0.05) is 39.1 Å². The summed E-state index contributed by atoms with van der Waals surface area (Å²) in [6, 6.07) is 4.45. The van der Waals surface area contributed by atoms with Crippen LogP contribution in [0.3, 0.4) is 0 Å². The quantitative estimate of drug-likeness (QED) is 0.603. The smallest absolute Gasteiger partial charge is 0.310 e. The van der Waals surface area contributed by atoms with Crippen molar-refractivity contribution >= 4 is 22.0 Å². The molecular weight excluding hydrogens is 415 g/mol. The van der Waals surface area contributed by atoms with Gasteiger partial charge in [-0.1, -0.05) is 12.1 Å². The maximum atomic E-state index is 14.2. The average Bonchev–Trinajstić information content (AvgIpc) is 2.67. The molecule has 0 amide bonds. The summed E-state index contributed by atoms with van der Waals surface area (Å²) in [5.41, 5.74) is 0.793. The molecule has 3 atom stereocenters. The molecule has 1 aromatic carbocycles. The van der Waals surface area contributed by atoms with Crippen molar-refractivity contribution in [1.82, 2.24) is 9.21 Å². The molecule has 0 saturated carbocycles. The molecule has 1 fully saturated rings. The maximum absolute atomic E-state index is 14.2. The summed E-state index contributed by atoms with van der Waals surface area (Å²) in [5.74, 6) is -4.64. The topological polar surface area (TPSA) is 104 Å². The van der Waals surface area contributed by atoms with E-state index in [-0.39, 0.29) is 32.8 Å². The van der Waals surface area contributed by atoms with Gasteiger partial charge in [-0.15, -0.1) is 0 Å². The van der Waals surface area contributed by atoms with Crippen molar-refractivity contribution in [2.45, 2.75) is 19.8 Å². The lowest BCUT2D eigenvalue weighted by atomic mass is 9.72. The van der Waals surface area contributed by atoms with E-state index in [1.807, 2.05) is 0 Å². The highest BCUT2D eigenvalue weighted by atomic mass is 32.2. The van der Waals surface area contributed by atoms with Gasteiger partial charge >= 0.3 is 11.9 Å². The Bertz CT molecular complexity index is 891. The number of carboxylic acid groups (broad SMARTS) is 1. The summed E-state index contributed by atoms with van der Waals surface area (Å²) in [7, 11) is -1.94. The van der Waals surface area contributed by atoms with Crippen molar-refractivity contribution in [2.24, 2.45) is 11.8 Å². The number of esters is 1. The number of aliphatic carboxylic acids is 1. The first-order chi connectivity index (χ1) is 14.0. The zero-order valence-electron chi connectivity index (χ0n) is 17.7. The van der Waals surface area contributed by atoms with Gasteiger partial charge in [-0.2, -0.15) is 0 Å². The second-order valence-electron chi connectivity index (χ2n) is 7.63. The zero-order chi connectivity index (χ0) is 22.6. The van der Waals surface area contributed by atoms with Crippen LogP contribution in [0.15, 0.2) is 18.2 Å². The van der Waals surface area contributed by atoms with Crippen LogP contribution in [0.4, 0.5) is 4.39 Å². The summed E-state index contributed by atoms with van der Waals surface area (Å²) in [6.45, 7) is 4.10. The van der Waals surface area contributed by atoms with Crippen molar-refractivity contribution in [3.63, 3.8) is 0 Å². The predicted octanol–water partition coefficient (Wildman–Crippen LogP) is 1.30. The van der Waals surface area contributed by atoms with Crippen LogP contribution in [-0.2, 0) is 24.3 Å². The number of piperidine rings is 1. The number of rotatable bonds is 8. The Kier molecular flexibility index (Phi) is 7.95. The number of hydrogen-bond donors (Lipinski definition) is 1. The molecule has 10 heteroatoms. The molecule has 1 heterocycles. The Labute approximate surface area is 176 Å². The fraction of sp³-hybridized carbons (Fsp3) is 0.600. The molecule has 2 rings (SSSR count). The summed E-state index contributed by atoms with van der Waals surface area (Å²) in [4.78, 5) is 26.6. The Morgan fingerprint density at radius 1 is 1.30 bits per heavy atom. The number of halogens is 1. The van der Waals surface area contributed by atoms with Crippen molar-refractivity contribution in [2.75, 3.05) is 46.1 Å². The monoisotopic (exact) mass is 444 g/mol. The lowest BCUT2D eigenvalue weighted by molar-refractivity contribution is -0.155. The highest BCUT2D eigenvalue weighted by molar-refractivity contribution is 7.88. The molecule has 168 valence electrons. The number of carboxylic acids is 1. The fourth-order valence-electron chi connectivity index (χ4n) is 3.89. The number of sulfonamides is 1. The fourth-order valence-corrected chi connectivity index (χ4v) is 4.30. The van der Waals surface area contributed by atoms with Crippen LogP contribution in [0.25, 0.3) is 0 Å². The minimum atomic E-state index is -3.38. The summed E-state index contributed by atoms with van der Waals surface area (Å²) < 4.78 is 43.9. The van der Waals surface area contributed by atoms with Crippen LogP contribution in [0.1, 0.15) is 24.0 Å². The van der Waals surface area contributed by atoms with E-state index in [2.05, 4.69) is 0 Å². The normalized spacial score (nSPS) is 22.8. The Hall–Kier alpha value is -2.04. The lowest BCUT2D eigenvalue weighted by Crippen LogP contribution is -2.52. The van der Waals surface area contributed by atoms with Crippen molar-refractivity contribution in [3.05, 3.63) is 35.1 Å². The average molecular weight is 445 g/mol. The third kappa shape index (κ3) is 5.55. The van der Waals surface area contributed by atoms with E-state index >= 15 is 0 Å². The Balaban J connectivity index is 2.39. The van der Waals surface area contributed by atoms with Gasteiger partial charge in [0.15, 0.2) is 0 Å². The number of likely N-dealkylation sites (tertiary alicyclic amines) is 1. The summed E-state index contributed by atoms with van der Waals surface area (Å²) >= 11 is 0. The molecular formula is C20H29FN2O6S. The standard InChI is InChI=1S/C20H29FN2O6S/c1-5-29-20(26)16-12-23(10-9-22(3)30(4,27)28)11-15(19(24)25)18(16)14-7-6-8-17(21)13(14)2/h6-8,15-16,18H,5,9-12H2,1-4H3,(H,24,25)/t15-,16+,18+/m1/s1. The molecule has 0 radical (unpaired) electrons. The second kappa shape index (κ2) is 9.84. The van der Waals surface area contributed by atoms with Gasteiger partial charge in [-0.05, 0) is 31.0 Å². The molecule has 1 aliphatic heterocycles. The predicted molar refractivity (Wildman–Crippen MR) is 109 cm³/mol. The van der Waals surface area contributed by atoms with Gasteiger partial charge in [0.2, 0.25) is 10.0 Å². The number of carbonyl (C=O) groups excluding carboxylic acids is 1. The lowest BCUT2D eigenvalue weighted by Gasteiger charge is -2.42. The van der Waals surface area contributed by atoms with E-state index in [1.165, 1.54) is 23.5 Å². The van der Waals surface area contributed by atoms with Crippen molar-refractivity contribution in [3.8, 4) is 0 Å².